The first-order valence-electron chi connectivity index (χ1n) is 6.53. The highest BCUT2D eigenvalue weighted by atomic mass is 19.1. The van der Waals surface area contributed by atoms with Crippen molar-refractivity contribution >= 4 is 5.97 Å². The predicted molar refractivity (Wildman–Crippen MR) is 74.3 cm³/mol. The first kappa shape index (κ1) is 14.2. The van der Waals surface area contributed by atoms with Crippen LogP contribution < -0.4 is 0 Å². The molecule has 0 aliphatic rings. The van der Waals surface area contributed by atoms with Crippen LogP contribution >= 0.6 is 0 Å². The van der Waals surface area contributed by atoms with Crippen LogP contribution in [0.2, 0.25) is 0 Å². The fourth-order valence-corrected chi connectivity index (χ4v) is 2.43. The Morgan fingerprint density at radius 3 is 2.70 bits per heavy atom. The average Bonchev–Trinajstić information content (AvgIpc) is 2.65. The number of carboxylic acids is 1. The van der Waals surface area contributed by atoms with E-state index < -0.39 is 11.8 Å². The van der Waals surface area contributed by atoms with Gasteiger partial charge >= 0.3 is 5.97 Å². The number of hydrogen-bond donors (Lipinski definition) is 1. The number of aryl methyl sites for hydroxylation is 2. The van der Waals surface area contributed by atoms with E-state index in [0.717, 1.165) is 36.0 Å². The molecule has 0 atom stereocenters. The maximum absolute atomic E-state index is 13.3. The zero-order valence-corrected chi connectivity index (χ0v) is 11.8. The van der Waals surface area contributed by atoms with Crippen LogP contribution in [0.3, 0.4) is 0 Å². The summed E-state index contributed by atoms with van der Waals surface area (Å²) in [4.78, 5) is 11.3. The fourth-order valence-electron chi connectivity index (χ4n) is 2.43. The van der Waals surface area contributed by atoms with Crippen molar-refractivity contribution in [1.29, 1.82) is 0 Å². The zero-order chi connectivity index (χ0) is 14.9. The molecular weight excluding hydrogens is 259 g/mol. The molecule has 2 rings (SSSR count). The molecule has 106 valence electrons. The lowest BCUT2D eigenvalue weighted by Gasteiger charge is -2.08. The minimum Gasteiger partial charge on any atom is -0.478 e. The van der Waals surface area contributed by atoms with Crippen LogP contribution in [0, 0.1) is 19.7 Å². The standard InChI is InChI=1S/C15H17FN2O2/c1-4-7-18-10(3)14(9(2)17-18)12-6-5-11(16)8-13(12)15(19)20/h5-6,8H,4,7H2,1-3H3,(H,19,20). The summed E-state index contributed by atoms with van der Waals surface area (Å²) in [7, 11) is 0. The molecule has 0 aliphatic carbocycles. The highest BCUT2D eigenvalue weighted by Crippen LogP contribution is 2.30. The number of carbonyl (C=O) groups is 1. The Morgan fingerprint density at radius 2 is 2.10 bits per heavy atom. The van der Waals surface area contributed by atoms with E-state index in [1.807, 2.05) is 18.5 Å². The van der Waals surface area contributed by atoms with Gasteiger partial charge in [-0.15, -0.1) is 0 Å². The molecule has 20 heavy (non-hydrogen) atoms. The van der Waals surface area contributed by atoms with Gasteiger partial charge in [0.25, 0.3) is 0 Å². The van der Waals surface area contributed by atoms with Crippen LogP contribution in [0.5, 0.6) is 0 Å². The number of carboxylic acid groups (broad SMARTS) is 1. The maximum atomic E-state index is 13.3. The zero-order valence-electron chi connectivity index (χ0n) is 11.8. The van der Waals surface area contributed by atoms with E-state index in [0.29, 0.717) is 5.56 Å². The van der Waals surface area contributed by atoms with E-state index in [4.69, 9.17) is 0 Å². The number of halogens is 1. The van der Waals surface area contributed by atoms with Crippen molar-refractivity contribution in [3.05, 3.63) is 41.0 Å². The normalized spacial score (nSPS) is 10.8. The summed E-state index contributed by atoms with van der Waals surface area (Å²) in [5.74, 6) is -1.69. The molecule has 0 radical (unpaired) electrons. The third-order valence-electron chi connectivity index (χ3n) is 3.30. The van der Waals surface area contributed by atoms with E-state index in [1.54, 1.807) is 0 Å². The van der Waals surface area contributed by atoms with Crippen LogP contribution in [0.1, 0.15) is 35.1 Å². The molecule has 0 spiro atoms. The lowest BCUT2D eigenvalue weighted by Crippen LogP contribution is -2.03. The van der Waals surface area contributed by atoms with Gasteiger partial charge in [-0.3, -0.25) is 4.68 Å². The number of rotatable bonds is 4. The second kappa shape index (κ2) is 5.45. The molecular formula is C15H17FN2O2. The minimum absolute atomic E-state index is 0.0350. The third-order valence-corrected chi connectivity index (χ3v) is 3.30. The van der Waals surface area contributed by atoms with Gasteiger partial charge in [-0.25, -0.2) is 9.18 Å². The summed E-state index contributed by atoms with van der Waals surface area (Å²) < 4.78 is 15.1. The van der Waals surface area contributed by atoms with Crippen LogP contribution in [-0.2, 0) is 6.54 Å². The van der Waals surface area contributed by atoms with Crippen molar-refractivity contribution in [3.8, 4) is 11.1 Å². The quantitative estimate of drug-likeness (QED) is 0.931. The first-order chi connectivity index (χ1) is 9.45. The van der Waals surface area contributed by atoms with Gasteiger partial charge in [0.2, 0.25) is 0 Å². The highest BCUT2D eigenvalue weighted by molar-refractivity contribution is 5.96. The van der Waals surface area contributed by atoms with Crippen molar-refractivity contribution in [2.24, 2.45) is 0 Å². The van der Waals surface area contributed by atoms with Crippen molar-refractivity contribution in [3.63, 3.8) is 0 Å². The highest BCUT2D eigenvalue weighted by Gasteiger charge is 2.19. The van der Waals surface area contributed by atoms with Gasteiger partial charge in [0, 0.05) is 23.4 Å². The van der Waals surface area contributed by atoms with Crippen LogP contribution in [-0.4, -0.2) is 20.9 Å². The molecule has 0 bridgehead atoms. The number of aromatic nitrogens is 2. The Hall–Kier alpha value is -2.17. The predicted octanol–water partition coefficient (Wildman–Crippen LogP) is 3.41. The van der Waals surface area contributed by atoms with E-state index >= 15 is 0 Å². The first-order valence-corrected chi connectivity index (χ1v) is 6.53. The lowest BCUT2D eigenvalue weighted by molar-refractivity contribution is 0.0697. The Morgan fingerprint density at radius 1 is 1.40 bits per heavy atom. The molecule has 0 fully saturated rings. The summed E-state index contributed by atoms with van der Waals surface area (Å²) in [6.45, 7) is 6.57. The van der Waals surface area contributed by atoms with Crippen molar-refractivity contribution < 1.29 is 14.3 Å². The third kappa shape index (κ3) is 2.43. The molecule has 1 aromatic carbocycles. The van der Waals surface area contributed by atoms with Gasteiger partial charge in [-0.1, -0.05) is 13.0 Å². The Labute approximate surface area is 116 Å². The number of hydrogen-bond acceptors (Lipinski definition) is 2. The molecule has 0 unspecified atom stereocenters. The Bertz CT molecular complexity index is 662. The number of benzene rings is 1. The largest absolute Gasteiger partial charge is 0.478 e. The molecule has 1 aromatic heterocycles. The summed E-state index contributed by atoms with van der Waals surface area (Å²) in [6, 6.07) is 3.83. The molecule has 1 N–H and O–H groups in total. The van der Waals surface area contributed by atoms with E-state index in [9.17, 15) is 14.3 Å². The van der Waals surface area contributed by atoms with Crippen LogP contribution in [0.15, 0.2) is 18.2 Å². The van der Waals surface area contributed by atoms with Crippen molar-refractivity contribution in [2.75, 3.05) is 0 Å². The van der Waals surface area contributed by atoms with Gasteiger partial charge in [-0.05, 0) is 32.4 Å². The number of nitrogens with zero attached hydrogens (tertiary/aromatic N) is 2. The monoisotopic (exact) mass is 276 g/mol. The summed E-state index contributed by atoms with van der Waals surface area (Å²) in [5.41, 5.74) is 2.91. The second-order valence-corrected chi connectivity index (χ2v) is 4.76. The van der Waals surface area contributed by atoms with Gasteiger partial charge in [0.15, 0.2) is 0 Å². The minimum atomic E-state index is -1.14. The topological polar surface area (TPSA) is 55.1 Å². The van der Waals surface area contributed by atoms with Crippen LogP contribution in [0.25, 0.3) is 11.1 Å². The van der Waals surface area contributed by atoms with E-state index in [-0.39, 0.29) is 5.56 Å². The van der Waals surface area contributed by atoms with Crippen molar-refractivity contribution in [2.45, 2.75) is 33.7 Å². The van der Waals surface area contributed by atoms with Gasteiger partial charge in [-0.2, -0.15) is 5.10 Å². The SMILES string of the molecule is CCCn1nc(C)c(-c2ccc(F)cc2C(=O)O)c1C. The molecule has 5 heteroatoms. The number of aromatic carboxylic acids is 1. The van der Waals surface area contributed by atoms with E-state index in [2.05, 4.69) is 12.0 Å². The van der Waals surface area contributed by atoms with Gasteiger partial charge in [0.05, 0.1) is 11.3 Å². The second-order valence-electron chi connectivity index (χ2n) is 4.76. The molecule has 2 aromatic rings. The van der Waals surface area contributed by atoms with Crippen LogP contribution in [0.4, 0.5) is 4.39 Å². The average molecular weight is 276 g/mol. The smallest absolute Gasteiger partial charge is 0.336 e. The molecule has 0 saturated carbocycles. The lowest BCUT2D eigenvalue weighted by atomic mass is 9.98. The van der Waals surface area contributed by atoms with Gasteiger partial charge < -0.3 is 5.11 Å². The molecule has 0 amide bonds. The summed E-state index contributed by atoms with van der Waals surface area (Å²) >= 11 is 0. The van der Waals surface area contributed by atoms with Crippen molar-refractivity contribution in [1.82, 2.24) is 9.78 Å². The Kier molecular flexibility index (Phi) is 3.88. The summed E-state index contributed by atoms with van der Waals surface area (Å²) in [6.07, 6.45) is 0.941. The molecule has 0 aliphatic heterocycles. The van der Waals surface area contributed by atoms with Gasteiger partial charge in [0.1, 0.15) is 5.82 Å². The molecule has 1 heterocycles. The van der Waals surface area contributed by atoms with E-state index in [1.165, 1.54) is 12.1 Å². The Balaban J connectivity index is 2.65. The summed E-state index contributed by atoms with van der Waals surface area (Å²) in [5, 5.41) is 13.7. The fraction of sp³-hybridized carbons (Fsp3) is 0.333. The molecule has 4 nitrogen and oxygen atoms in total. The molecule has 0 saturated heterocycles. The maximum Gasteiger partial charge on any atom is 0.336 e.